The maximum atomic E-state index is 11.4. The third-order valence-corrected chi connectivity index (χ3v) is 5.35. The van der Waals surface area contributed by atoms with Crippen LogP contribution in [-0.4, -0.2) is 23.3 Å². The number of pyridine rings is 1. The second-order valence-electron chi connectivity index (χ2n) is 7.33. The topological polar surface area (TPSA) is 42.4 Å². The minimum absolute atomic E-state index is 0.266. The zero-order chi connectivity index (χ0) is 20.8. The molecular weight excluding hydrogens is 370 g/mol. The first-order valence-corrected chi connectivity index (χ1v) is 10.1. The first-order chi connectivity index (χ1) is 14.8. The van der Waals surface area contributed by atoms with Crippen LogP contribution in [0.15, 0.2) is 103 Å². The molecule has 1 N–H and O–H groups in total. The van der Waals surface area contributed by atoms with E-state index in [9.17, 15) is 5.11 Å². The second-order valence-corrected chi connectivity index (χ2v) is 7.33. The van der Waals surface area contributed by atoms with E-state index in [0.29, 0.717) is 12.3 Å². The summed E-state index contributed by atoms with van der Waals surface area (Å²) >= 11 is 0. The van der Waals surface area contributed by atoms with Crippen LogP contribution in [0.1, 0.15) is 22.6 Å². The summed E-state index contributed by atoms with van der Waals surface area (Å²) in [6.07, 6.45) is 1.74. The average molecular weight is 396 g/mol. The molecule has 3 heteroatoms. The van der Waals surface area contributed by atoms with Gasteiger partial charge in [-0.3, -0.25) is 0 Å². The third kappa shape index (κ3) is 4.42. The number of hydrogen-bond acceptors (Lipinski definition) is 3. The highest BCUT2D eigenvalue weighted by atomic mass is 16.5. The Balaban J connectivity index is 1.80. The SMILES string of the molecule is COc1ncc(-c2ccccc2)cc1C(c1ccccc1)C(O)Cc1ccccc1. The van der Waals surface area contributed by atoms with E-state index in [1.807, 2.05) is 85.1 Å². The van der Waals surface area contributed by atoms with Gasteiger partial charge in [0, 0.05) is 23.2 Å². The molecule has 150 valence electrons. The van der Waals surface area contributed by atoms with Crippen LogP contribution in [-0.2, 0) is 6.42 Å². The highest BCUT2D eigenvalue weighted by Crippen LogP contribution is 2.37. The molecule has 0 aliphatic heterocycles. The van der Waals surface area contributed by atoms with Crippen molar-refractivity contribution in [3.05, 3.63) is 120 Å². The number of aliphatic hydroxyl groups is 1. The van der Waals surface area contributed by atoms with Crippen molar-refractivity contribution in [2.24, 2.45) is 0 Å². The Kier molecular flexibility index (Phi) is 6.21. The van der Waals surface area contributed by atoms with Gasteiger partial charge in [0.25, 0.3) is 0 Å². The fraction of sp³-hybridized carbons (Fsp3) is 0.148. The number of methoxy groups -OCH3 is 1. The van der Waals surface area contributed by atoms with E-state index in [0.717, 1.165) is 27.8 Å². The fourth-order valence-corrected chi connectivity index (χ4v) is 3.89. The van der Waals surface area contributed by atoms with E-state index < -0.39 is 6.10 Å². The Morgan fingerprint density at radius 2 is 1.40 bits per heavy atom. The van der Waals surface area contributed by atoms with E-state index in [1.165, 1.54) is 0 Å². The molecule has 4 rings (SSSR count). The van der Waals surface area contributed by atoms with Crippen molar-refractivity contribution in [2.45, 2.75) is 18.4 Å². The predicted molar refractivity (Wildman–Crippen MR) is 121 cm³/mol. The van der Waals surface area contributed by atoms with Gasteiger partial charge in [0.1, 0.15) is 0 Å². The van der Waals surface area contributed by atoms with Crippen LogP contribution in [0.2, 0.25) is 0 Å². The van der Waals surface area contributed by atoms with Crippen molar-refractivity contribution in [3.8, 4) is 17.0 Å². The van der Waals surface area contributed by atoms with Crippen molar-refractivity contribution in [2.75, 3.05) is 7.11 Å². The van der Waals surface area contributed by atoms with E-state index in [4.69, 9.17) is 4.74 Å². The standard InChI is InChI=1S/C27H25NO2/c1-30-27-24(18-23(19-28-27)21-13-7-3-8-14-21)26(22-15-9-4-10-16-22)25(29)17-20-11-5-2-6-12-20/h2-16,18-19,25-26,29H,17H2,1H3. The lowest BCUT2D eigenvalue weighted by molar-refractivity contribution is 0.155. The lowest BCUT2D eigenvalue weighted by atomic mass is 9.83. The molecule has 2 unspecified atom stereocenters. The van der Waals surface area contributed by atoms with Gasteiger partial charge in [-0.2, -0.15) is 0 Å². The molecule has 0 fully saturated rings. The zero-order valence-corrected chi connectivity index (χ0v) is 17.0. The van der Waals surface area contributed by atoms with Gasteiger partial charge in [-0.05, 0) is 29.2 Å². The van der Waals surface area contributed by atoms with Crippen molar-refractivity contribution in [3.63, 3.8) is 0 Å². The third-order valence-electron chi connectivity index (χ3n) is 5.35. The molecule has 0 amide bonds. The largest absolute Gasteiger partial charge is 0.481 e. The Labute approximate surface area is 177 Å². The second kappa shape index (κ2) is 9.38. The van der Waals surface area contributed by atoms with E-state index in [2.05, 4.69) is 23.2 Å². The molecule has 2 atom stereocenters. The van der Waals surface area contributed by atoms with Gasteiger partial charge in [0.05, 0.1) is 13.2 Å². The van der Waals surface area contributed by atoms with Crippen LogP contribution in [0.3, 0.4) is 0 Å². The number of benzene rings is 3. The molecule has 4 aromatic rings. The first kappa shape index (κ1) is 19.9. The molecule has 0 spiro atoms. The van der Waals surface area contributed by atoms with Gasteiger partial charge in [-0.15, -0.1) is 0 Å². The number of hydrogen-bond donors (Lipinski definition) is 1. The first-order valence-electron chi connectivity index (χ1n) is 10.1. The van der Waals surface area contributed by atoms with Crippen LogP contribution in [0, 0.1) is 0 Å². The monoisotopic (exact) mass is 395 g/mol. The minimum atomic E-state index is -0.628. The molecule has 3 nitrogen and oxygen atoms in total. The van der Waals surface area contributed by atoms with Crippen molar-refractivity contribution in [1.82, 2.24) is 4.98 Å². The Hall–Kier alpha value is -3.43. The lowest BCUT2D eigenvalue weighted by Gasteiger charge is -2.26. The highest BCUT2D eigenvalue weighted by molar-refractivity contribution is 5.64. The number of ether oxygens (including phenoxy) is 1. The van der Waals surface area contributed by atoms with Gasteiger partial charge in [-0.25, -0.2) is 4.98 Å². The maximum Gasteiger partial charge on any atom is 0.216 e. The summed E-state index contributed by atoms with van der Waals surface area (Å²) in [5, 5.41) is 11.4. The van der Waals surface area contributed by atoms with Crippen LogP contribution < -0.4 is 4.74 Å². The summed E-state index contributed by atoms with van der Waals surface area (Å²) in [4.78, 5) is 4.58. The molecule has 0 aliphatic rings. The van der Waals surface area contributed by atoms with Crippen LogP contribution in [0.25, 0.3) is 11.1 Å². The molecular formula is C27H25NO2. The van der Waals surface area contributed by atoms with Crippen LogP contribution in [0.4, 0.5) is 0 Å². The highest BCUT2D eigenvalue weighted by Gasteiger charge is 2.27. The molecule has 1 heterocycles. The smallest absolute Gasteiger partial charge is 0.216 e. The summed E-state index contributed by atoms with van der Waals surface area (Å²) in [7, 11) is 1.62. The fourth-order valence-electron chi connectivity index (χ4n) is 3.89. The molecule has 0 radical (unpaired) electrons. The molecule has 0 aliphatic carbocycles. The van der Waals surface area contributed by atoms with Crippen LogP contribution in [0.5, 0.6) is 5.88 Å². The number of aromatic nitrogens is 1. The van der Waals surface area contributed by atoms with Gasteiger partial charge in [0.2, 0.25) is 5.88 Å². The van der Waals surface area contributed by atoms with Gasteiger partial charge >= 0.3 is 0 Å². The maximum absolute atomic E-state index is 11.4. The zero-order valence-electron chi connectivity index (χ0n) is 17.0. The Bertz CT molecular complexity index is 1070. The summed E-state index contributed by atoms with van der Waals surface area (Å²) in [6, 6.07) is 32.4. The van der Waals surface area contributed by atoms with Gasteiger partial charge < -0.3 is 9.84 Å². The van der Waals surface area contributed by atoms with Crippen molar-refractivity contribution < 1.29 is 9.84 Å². The molecule has 0 saturated carbocycles. The molecule has 0 saturated heterocycles. The molecule has 30 heavy (non-hydrogen) atoms. The Morgan fingerprint density at radius 1 is 0.800 bits per heavy atom. The van der Waals surface area contributed by atoms with Crippen molar-refractivity contribution >= 4 is 0 Å². The van der Waals surface area contributed by atoms with E-state index in [-0.39, 0.29) is 5.92 Å². The van der Waals surface area contributed by atoms with Crippen LogP contribution >= 0.6 is 0 Å². The quantitative estimate of drug-likeness (QED) is 0.450. The summed E-state index contributed by atoms with van der Waals surface area (Å²) < 4.78 is 5.62. The number of aliphatic hydroxyl groups excluding tert-OH is 1. The number of rotatable bonds is 7. The summed E-state index contributed by atoms with van der Waals surface area (Å²) in [6.45, 7) is 0. The van der Waals surface area contributed by atoms with E-state index >= 15 is 0 Å². The number of nitrogens with zero attached hydrogens (tertiary/aromatic N) is 1. The lowest BCUT2D eigenvalue weighted by Crippen LogP contribution is -2.23. The summed E-state index contributed by atoms with van der Waals surface area (Å²) in [5.41, 5.74) is 5.09. The van der Waals surface area contributed by atoms with Crippen molar-refractivity contribution in [1.29, 1.82) is 0 Å². The summed E-state index contributed by atoms with van der Waals surface area (Å²) in [5.74, 6) is 0.271. The molecule has 3 aromatic carbocycles. The van der Waals surface area contributed by atoms with E-state index in [1.54, 1.807) is 7.11 Å². The molecule has 1 aromatic heterocycles. The normalized spacial score (nSPS) is 12.9. The minimum Gasteiger partial charge on any atom is -0.481 e. The predicted octanol–water partition coefficient (Wildman–Crippen LogP) is 5.49. The van der Waals surface area contributed by atoms with Gasteiger partial charge in [-0.1, -0.05) is 91.0 Å². The molecule has 0 bridgehead atoms. The Morgan fingerprint density at radius 3 is 2.03 bits per heavy atom. The average Bonchev–Trinajstić information content (AvgIpc) is 2.81. The van der Waals surface area contributed by atoms with Gasteiger partial charge in [0.15, 0.2) is 0 Å².